The number of phenolic OH excluding ortho intramolecular Hbond substituents is 1. The molecule has 0 aliphatic heterocycles. The Morgan fingerprint density at radius 1 is 0.970 bits per heavy atom. The third-order valence-corrected chi connectivity index (χ3v) is 4.64. The zero-order valence-corrected chi connectivity index (χ0v) is 17.8. The van der Waals surface area contributed by atoms with Crippen LogP contribution in [0.4, 0.5) is 10.5 Å². The Morgan fingerprint density at radius 2 is 1.67 bits per heavy atom. The van der Waals surface area contributed by atoms with E-state index in [-0.39, 0.29) is 25.1 Å². The molecular formula is C25H24N4O4. The molecule has 3 aromatic carbocycles. The molecule has 3 aromatic rings. The smallest absolute Gasteiger partial charge is 0.320 e. The van der Waals surface area contributed by atoms with Gasteiger partial charge >= 0.3 is 6.03 Å². The molecule has 8 nitrogen and oxygen atoms in total. The van der Waals surface area contributed by atoms with Crippen molar-refractivity contribution in [3.05, 3.63) is 84.4 Å². The van der Waals surface area contributed by atoms with Gasteiger partial charge in [0.1, 0.15) is 17.5 Å². The van der Waals surface area contributed by atoms with Crippen LogP contribution in [0.5, 0.6) is 17.2 Å². The summed E-state index contributed by atoms with van der Waals surface area (Å²) in [6.07, 6.45) is 0.363. The summed E-state index contributed by atoms with van der Waals surface area (Å²) in [5.74, 6) is 0.762. The summed E-state index contributed by atoms with van der Waals surface area (Å²) in [5.41, 5.74) is 1.19. The maximum absolute atomic E-state index is 12.8. The summed E-state index contributed by atoms with van der Waals surface area (Å²) >= 11 is 0. The Kier molecular flexibility index (Phi) is 8.26. The summed E-state index contributed by atoms with van der Waals surface area (Å²) < 4.78 is 5.86. The lowest BCUT2D eigenvalue weighted by Crippen LogP contribution is -2.49. The number of aromatic hydroxyl groups is 1. The number of rotatable bonds is 9. The zero-order chi connectivity index (χ0) is 23.5. The standard InChI is InChI=1S/C25H24N4O4/c26-15-6-16-27-24(31)22(17-18-11-13-19(30)14-12-18)29-25(32)28-21-9-4-5-10-23(21)33-20-7-2-1-3-8-20/h1-5,7-14,22,30H,6,16-17H2,(H,27,31)(H2,28,29,32). The van der Waals surface area contributed by atoms with Crippen LogP contribution in [-0.4, -0.2) is 29.6 Å². The fourth-order valence-electron chi connectivity index (χ4n) is 3.03. The van der Waals surface area contributed by atoms with Gasteiger partial charge < -0.3 is 25.8 Å². The van der Waals surface area contributed by atoms with Crippen LogP contribution in [0.1, 0.15) is 12.0 Å². The largest absolute Gasteiger partial charge is 0.508 e. The molecule has 0 radical (unpaired) electrons. The predicted molar refractivity (Wildman–Crippen MR) is 124 cm³/mol. The van der Waals surface area contributed by atoms with Gasteiger partial charge in [0, 0.05) is 13.0 Å². The van der Waals surface area contributed by atoms with Gasteiger partial charge in [-0.3, -0.25) is 4.79 Å². The minimum absolute atomic E-state index is 0.106. The summed E-state index contributed by atoms with van der Waals surface area (Å²) in [6, 6.07) is 23.0. The second-order valence-electron chi connectivity index (χ2n) is 7.13. The van der Waals surface area contributed by atoms with Crippen molar-refractivity contribution in [2.24, 2.45) is 0 Å². The van der Waals surface area contributed by atoms with Gasteiger partial charge in [0.25, 0.3) is 0 Å². The number of nitrogens with zero attached hydrogens (tertiary/aromatic N) is 1. The van der Waals surface area contributed by atoms with Crippen molar-refractivity contribution in [2.45, 2.75) is 18.9 Å². The molecule has 33 heavy (non-hydrogen) atoms. The number of ether oxygens (including phenoxy) is 1. The Hall–Kier alpha value is -4.51. The van der Waals surface area contributed by atoms with Crippen LogP contribution in [0.2, 0.25) is 0 Å². The van der Waals surface area contributed by atoms with Gasteiger partial charge in [-0.25, -0.2) is 4.79 Å². The molecule has 4 N–H and O–H groups in total. The van der Waals surface area contributed by atoms with Crippen molar-refractivity contribution >= 4 is 17.6 Å². The van der Waals surface area contributed by atoms with Gasteiger partial charge in [-0.1, -0.05) is 42.5 Å². The average molecular weight is 444 g/mol. The molecule has 1 unspecified atom stereocenters. The maximum atomic E-state index is 12.8. The van der Waals surface area contributed by atoms with Gasteiger partial charge in [-0.2, -0.15) is 5.26 Å². The molecule has 0 aromatic heterocycles. The molecule has 8 heteroatoms. The van der Waals surface area contributed by atoms with Crippen molar-refractivity contribution < 1.29 is 19.4 Å². The van der Waals surface area contributed by atoms with E-state index in [2.05, 4.69) is 16.0 Å². The Labute approximate surface area is 191 Å². The molecule has 0 saturated heterocycles. The highest BCUT2D eigenvalue weighted by atomic mass is 16.5. The number of benzene rings is 3. The molecule has 0 fully saturated rings. The monoisotopic (exact) mass is 444 g/mol. The fraction of sp³-hybridized carbons (Fsp3) is 0.160. The minimum Gasteiger partial charge on any atom is -0.508 e. The molecule has 3 rings (SSSR count). The number of hydrogen-bond acceptors (Lipinski definition) is 5. The third-order valence-electron chi connectivity index (χ3n) is 4.64. The van der Waals surface area contributed by atoms with Gasteiger partial charge in [0.15, 0.2) is 5.75 Å². The van der Waals surface area contributed by atoms with Crippen molar-refractivity contribution in [3.8, 4) is 23.3 Å². The number of hydrogen-bond donors (Lipinski definition) is 4. The maximum Gasteiger partial charge on any atom is 0.320 e. The first-order valence-electron chi connectivity index (χ1n) is 10.4. The van der Waals surface area contributed by atoms with E-state index in [9.17, 15) is 14.7 Å². The highest BCUT2D eigenvalue weighted by Gasteiger charge is 2.22. The van der Waals surface area contributed by atoms with Crippen LogP contribution in [0.15, 0.2) is 78.9 Å². The predicted octanol–water partition coefficient (Wildman–Crippen LogP) is 3.95. The van der Waals surface area contributed by atoms with E-state index in [1.165, 1.54) is 12.1 Å². The number of amides is 3. The van der Waals surface area contributed by atoms with Gasteiger partial charge in [-0.05, 0) is 42.0 Å². The molecule has 1 atom stereocenters. The van der Waals surface area contributed by atoms with Crippen molar-refractivity contribution in [1.82, 2.24) is 10.6 Å². The van der Waals surface area contributed by atoms with Crippen molar-refractivity contribution in [3.63, 3.8) is 0 Å². The summed E-state index contributed by atoms with van der Waals surface area (Å²) in [6.45, 7) is 0.179. The van der Waals surface area contributed by atoms with E-state index >= 15 is 0 Å². The summed E-state index contributed by atoms with van der Waals surface area (Å²) in [4.78, 5) is 25.4. The lowest BCUT2D eigenvalue weighted by Gasteiger charge is -2.19. The van der Waals surface area contributed by atoms with Crippen LogP contribution >= 0.6 is 0 Å². The molecule has 3 amide bonds. The first-order valence-corrected chi connectivity index (χ1v) is 10.4. The van der Waals surface area contributed by atoms with E-state index in [1.54, 1.807) is 48.5 Å². The van der Waals surface area contributed by atoms with E-state index in [0.717, 1.165) is 5.56 Å². The van der Waals surface area contributed by atoms with Crippen LogP contribution < -0.4 is 20.7 Å². The summed E-state index contributed by atoms with van der Waals surface area (Å²) in [5, 5.41) is 26.3. The Balaban J connectivity index is 1.70. The van der Waals surface area contributed by atoms with Crippen LogP contribution in [0.25, 0.3) is 0 Å². The molecule has 168 valence electrons. The molecule has 0 bridgehead atoms. The number of phenols is 1. The highest BCUT2D eigenvalue weighted by Crippen LogP contribution is 2.29. The Bertz CT molecular complexity index is 1110. The van der Waals surface area contributed by atoms with E-state index in [1.807, 2.05) is 24.3 Å². The number of carbonyl (C=O) groups excluding carboxylic acids is 2. The van der Waals surface area contributed by atoms with E-state index in [0.29, 0.717) is 17.2 Å². The molecule has 0 aliphatic rings. The average Bonchev–Trinajstić information content (AvgIpc) is 2.82. The van der Waals surface area contributed by atoms with Crippen LogP contribution in [0, 0.1) is 11.3 Å². The van der Waals surface area contributed by atoms with Gasteiger partial charge in [-0.15, -0.1) is 0 Å². The topological polar surface area (TPSA) is 123 Å². The number of para-hydroxylation sites is 3. The molecule has 0 spiro atoms. The van der Waals surface area contributed by atoms with E-state index in [4.69, 9.17) is 10.00 Å². The number of urea groups is 1. The number of nitrogens with one attached hydrogen (secondary N) is 3. The first kappa shape index (κ1) is 23.2. The number of nitriles is 1. The van der Waals surface area contributed by atoms with Crippen molar-refractivity contribution in [2.75, 3.05) is 11.9 Å². The second-order valence-corrected chi connectivity index (χ2v) is 7.13. The lowest BCUT2D eigenvalue weighted by molar-refractivity contribution is -0.122. The molecular weight excluding hydrogens is 420 g/mol. The third kappa shape index (κ3) is 7.29. The molecule has 0 heterocycles. The number of carbonyl (C=O) groups is 2. The second kappa shape index (κ2) is 11.8. The van der Waals surface area contributed by atoms with Crippen LogP contribution in [0.3, 0.4) is 0 Å². The normalized spacial score (nSPS) is 11.0. The van der Waals surface area contributed by atoms with Gasteiger partial charge in [0.05, 0.1) is 18.2 Å². The quantitative estimate of drug-likeness (QED) is 0.372. The Morgan fingerprint density at radius 3 is 2.39 bits per heavy atom. The number of anilines is 1. The SMILES string of the molecule is N#CCCNC(=O)C(Cc1ccc(O)cc1)NC(=O)Nc1ccccc1Oc1ccccc1. The van der Waals surface area contributed by atoms with Gasteiger partial charge in [0.2, 0.25) is 5.91 Å². The van der Waals surface area contributed by atoms with Crippen molar-refractivity contribution in [1.29, 1.82) is 5.26 Å². The fourth-order valence-corrected chi connectivity index (χ4v) is 3.03. The zero-order valence-electron chi connectivity index (χ0n) is 17.8. The molecule has 0 saturated carbocycles. The summed E-state index contributed by atoms with van der Waals surface area (Å²) in [7, 11) is 0. The van der Waals surface area contributed by atoms with Crippen LogP contribution in [-0.2, 0) is 11.2 Å². The minimum atomic E-state index is -0.893. The first-order chi connectivity index (χ1) is 16.0. The lowest BCUT2D eigenvalue weighted by atomic mass is 10.1. The molecule has 0 aliphatic carbocycles. The highest BCUT2D eigenvalue weighted by molar-refractivity contribution is 5.95. The van der Waals surface area contributed by atoms with E-state index < -0.39 is 18.0 Å².